The van der Waals surface area contributed by atoms with Crippen molar-refractivity contribution >= 4 is 23.5 Å². The molecule has 2 heterocycles. The molecule has 0 saturated heterocycles. The highest BCUT2D eigenvalue weighted by molar-refractivity contribution is 8.00. The highest BCUT2D eigenvalue weighted by Gasteiger charge is 2.22. The zero-order valence-electron chi connectivity index (χ0n) is 19.4. The SMILES string of the molecule is CCn1c(SC(C)C(=O)Nc2ccnn2C(C)C)nnc1-c1ccc(C(C)(C)C)cc1. The first kappa shape index (κ1) is 23.1. The number of aromatic nitrogens is 5. The zero-order chi connectivity index (χ0) is 22.8. The minimum absolute atomic E-state index is 0.0888. The van der Waals surface area contributed by atoms with Gasteiger partial charge < -0.3 is 9.88 Å². The molecule has 0 aliphatic carbocycles. The predicted octanol–water partition coefficient (Wildman–Crippen LogP) is 5.16. The van der Waals surface area contributed by atoms with Gasteiger partial charge in [-0.2, -0.15) is 5.10 Å². The van der Waals surface area contributed by atoms with Crippen LogP contribution in [0.5, 0.6) is 0 Å². The average Bonchev–Trinajstić information content (AvgIpc) is 3.34. The Hall–Kier alpha value is -2.61. The quantitative estimate of drug-likeness (QED) is 0.514. The van der Waals surface area contributed by atoms with Gasteiger partial charge in [0.05, 0.1) is 11.4 Å². The molecule has 166 valence electrons. The number of anilines is 1. The van der Waals surface area contributed by atoms with Gasteiger partial charge in [-0.25, -0.2) is 4.68 Å². The molecule has 0 fully saturated rings. The Bertz CT molecular complexity index is 1030. The van der Waals surface area contributed by atoms with Gasteiger partial charge in [0.2, 0.25) is 5.91 Å². The number of nitrogens with zero attached hydrogens (tertiary/aromatic N) is 5. The molecular weight excluding hydrogens is 408 g/mol. The van der Waals surface area contributed by atoms with Gasteiger partial charge in [-0.1, -0.05) is 56.8 Å². The molecule has 3 aromatic rings. The number of thioether (sulfide) groups is 1. The third-order valence-corrected chi connectivity index (χ3v) is 6.18. The minimum Gasteiger partial charge on any atom is -0.310 e. The Morgan fingerprint density at radius 2 is 1.77 bits per heavy atom. The molecule has 8 heteroatoms. The largest absolute Gasteiger partial charge is 0.310 e. The molecule has 1 N–H and O–H groups in total. The minimum atomic E-state index is -0.332. The fourth-order valence-corrected chi connectivity index (χ4v) is 4.17. The van der Waals surface area contributed by atoms with Crippen molar-refractivity contribution in [2.45, 2.75) is 76.9 Å². The number of hydrogen-bond donors (Lipinski definition) is 1. The monoisotopic (exact) mass is 440 g/mol. The fraction of sp³-hybridized carbons (Fsp3) is 0.478. The molecule has 0 spiro atoms. The van der Waals surface area contributed by atoms with E-state index >= 15 is 0 Å². The zero-order valence-corrected chi connectivity index (χ0v) is 20.2. The van der Waals surface area contributed by atoms with Crippen molar-refractivity contribution in [3.05, 3.63) is 42.1 Å². The fourth-order valence-electron chi connectivity index (χ4n) is 3.26. The Balaban J connectivity index is 1.76. The predicted molar refractivity (Wildman–Crippen MR) is 126 cm³/mol. The molecule has 0 bridgehead atoms. The van der Waals surface area contributed by atoms with E-state index in [1.165, 1.54) is 17.3 Å². The number of benzene rings is 1. The molecule has 0 radical (unpaired) electrons. The number of rotatable bonds is 7. The van der Waals surface area contributed by atoms with Crippen molar-refractivity contribution in [2.24, 2.45) is 0 Å². The van der Waals surface area contributed by atoms with Crippen LogP contribution in [0, 0.1) is 0 Å². The van der Waals surface area contributed by atoms with Crippen molar-refractivity contribution in [1.82, 2.24) is 24.5 Å². The molecule has 0 aliphatic heterocycles. The van der Waals surface area contributed by atoms with E-state index in [0.29, 0.717) is 5.82 Å². The second-order valence-corrected chi connectivity index (χ2v) is 10.2. The van der Waals surface area contributed by atoms with E-state index < -0.39 is 0 Å². The van der Waals surface area contributed by atoms with Crippen LogP contribution in [0.4, 0.5) is 5.82 Å². The lowest BCUT2D eigenvalue weighted by Crippen LogP contribution is -2.25. The van der Waals surface area contributed by atoms with Crippen LogP contribution in [0.2, 0.25) is 0 Å². The number of amides is 1. The summed E-state index contributed by atoms with van der Waals surface area (Å²) in [5.74, 6) is 1.43. The maximum absolute atomic E-state index is 12.8. The Kier molecular flexibility index (Phi) is 6.89. The maximum atomic E-state index is 12.8. The summed E-state index contributed by atoms with van der Waals surface area (Å²) in [6, 6.07) is 10.4. The first-order chi connectivity index (χ1) is 14.6. The van der Waals surface area contributed by atoms with Gasteiger partial charge >= 0.3 is 0 Å². The van der Waals surface area contributed by atoms with E-state index in [4.69, 9.17) is 0 Å². The first-order valence-electron chi connectivity index (χ1n) is 10.7. The summed E-state index contributed by atoms with van der Waals surface area (Å²) in [7, 11) is 0. The van der Waals surface area contributed by atoms with Crippen LogP contribution in [0.15, 0.2) is 41.7 Å². The number of hydrogen-bond acceptors (Lipinski definition) is 5. The van der Waals surface area contributed by atoms with E-state index in [1.54, 1.807) is 10.9 Å². The van der Waals surface area contributed by atoms with Gasteiger partial charge in [0.25, 0.3) is 0 Å². The molecular formula is C23H32N6OS. The molecule has 3 rings (SSSR count). The standard InChI is InChI=1S/C23H32N6OS/c1-8-28-20(17-9-11-18(12-10-17)23(5,6)7)26-27-22(28)31-16(4)21(30)25-19-13-14-24-29(19)15(2)3/h9-16H,8H2,1-7H3,(H,25,30). The third kappa shape index (κ3) is 5.18. The van der Waals surface area contributed by atoms with Crippen molar-refractivity contribution < 1.29 is 4.79 Å². The lowest BCUT2D eigenvalue weighted by Gasteiger charge is -2.19. The number of carbonyl (C=O) groups excluding carboxylic acids is 1. The van der Waals surface area contributed by atoms with Gasteiger partial charge in [-0.3, -0.25) is 4.79 Å². The Morgan fingerprint density at radius 3 is 2.35 bits per heavy atom. The van der Waals surface area contributed by atoms with Gasteiger partial charge in [0.1, 0.15) is 5.82 Å². The van der Waals surface area contributed by atoms with E-state index in [9.17, 15) is 4.79 Å². The molecule has 0 saturated carbocycles. The third-order valence-electron chi connectivity index (χ3n) is 5.10. The lowest BCUT2D eigenvalue weighted by atomic mass is 9.87. The summed E-state index contributed by atoms with van der Waals surface area (Å²) in [6.07, 6.45) is 1.69. The van der Waals surface area contributed by atoms with Crippen LogP contribution >= 0.6 is 11.8 Å². The van der Waals surface area contributed by atoms with Crippen LogP contribution in [0.3, 0.4) is 0 Å². The first-order valence-corrected chi connectivity index (χ1v) is 11.5. The molecule has 0 aliphatic rings. The van der Waals surface area contributed by atoms with Crippen LogP contribution in [-0.2, 0) is 16.8 Å². The molecule has 31 heavy (non-hydrogen) atoms. The van der Waals surface area contributed by atoms with E-state index in [0.717, 1.165) is 23.1 Å². The summed E-state index contributed by atoms with van der Waals surface area (Å²) >= 11 is 1.41. The molecule has 1 amide bonds. The summed E-state index contributed by atoms with van der Waals surface area (Å²) in [6.45, 7) is 15.3. The van der Waals surface area contributed by atoms with E-state index in [2.05, 4.69) is 77.1 Å². The highest BCUT2D eigenvalue weighted by Crippen LogP contribution is 2.29. The smallest absolute Gasteiger partial charge is 0.238 e. The van der Waals surface area contributed by atoms with Crippen molar-refractivity contribution in [1.29, 1.82) is 0 Å². The average molecular weight is 441 g/mol. The van der Waals surface area contributed by atoms with Crippen molar-refractivity contribution in [3.8, 4) is 11.4 Å². The summed E-state index contributed by atoms with van der Waals surface area (Å²) in [4.78, 5) is 12.8. The molecule has 1 atom stereocenters. The summed E-state index contributed by atoms with van der Waals surface area (Å²) < 4.78 is 3.85. The summed E-state index contributed by atoms with van der Waals surface area (Å²) in [5.41, 5.74) is 2.40. The number of nitrogens with one attached hydrogen (secondary N) is 1. The highest BCUT2D eigenvalue weighted by atomic mass is 32.2. The van der Waals surface area contributed by atoms with Crippen LogP contribution in [0.25, 0.3) is 11.4 Å². The van der Waals surface area contributed by atoms with Gasteiger partial charge in [0, 0.05) is 24.2 Å². The Labute approximate surface area is 188 Å². The van der Waals surface area contributed by atoms with E-state index in [-0.39, 0.29) is 22.6 Å². The second kappa shape index (κ2) is 9.26. The van der Waals surface area contributed by atoms with Gasteiger partial charge in [-0.05, 0) is 38.7 Å². The van der Waals surface area contributed by atoms with Crippen LogP contribution < -0.4 is 5.32 Å². The summed E-state index contributed by atoms with van der Waals surface area (Å²) in [5, 5.41) is 16.4. The molecule has 2 aromatic heterocycles. The molecule has 1 unspecified atom stereocenters. The van der Waals surface area contributed by atoms with Crippen molar-refractivity contribution in [2.75, 3.05) is 5.32 Å². The lowest BCUT2D eigenvalue weighted by molar-refractivity contribution is -0.115. The Morgan fingerprint density at radius 1 is 1.10 bits per heavy atom. The van der Waals surface area contributed by atoms with Crippen LogP contribution in [0.1, 0.15) is 60.1 Å². The molecule has 7 nitrogen and oxygen atoms in total. The van der Waals surface area contributed by atoms with Gasteiger partial charge in [0.15, 0.2) is 11.0 Å². The molecule has 1 aromatic carbocycles. The normalized spacial score (nSPS) is 12.9. The topological polar surface area (TPSA) is 77.6 Å². The van der Waals surface area contributed by atoms with Crippen molar-refractivity contribution in [3.63, 3.8) is 0 Å². The number of carbonyl (C=O) groups is 1. The second-order valence-electron chi connectivity index (χ2n) is 8.88. The van der Waals surface area contributed by atoms with Crippen LogP contribution in [-0.4, -0.2) is 35.7 Å². The van der Waals surface area contributed by atoms with E-state index in [1.807, 2.05) is 26.8 Å². The maximum Gasteiger partial charge on any atom is 0.238 e. The van der Waals surface area contributed by atoms with Gasteiger partial charge in [-0.15, -0.1) is 10.2 Å².